The van der Waals surface area contributed by atoms with Gasteiger partial charge in [-0.05, 0) is 46.2 Å². The minimum absolute atomic E-state index is 0.0869. The summed E-state index contributed by atoms with van der Waals surface area (Å²) in [6.07, 6.45) is 0. The molecule has 0 aliphatic heterocycles. The second-order valence-corrected chi connectivity index (χ2v) is 5.86. The summed E-state index contributed by atoms with van der Waals surface area (Å²) in [6.45, 7) is 4.30. The van der Waals surface area contributed by atoms with Crippen LogP contribution in [0.5, 0.6) is 0 Å². The molecule has 0 aliphatic rings. The van der Waals surface area contributed by atoms with Crippen molar-refractivity contribution in [2.45, 2.75) is 19.8 Å². The molecule has 2 rings (SSSR count). The zero-order valence-electron chi connectivity index (χ0n) is 10.5. The maximum absolute atomic E-state index is 12.3. The van der Waals surface area contributed by atoms with Gasteiger partial charge in [0.15, 0.2) is 5.78 Å². The minimum Gasteiger partial charge on any atom is -0.289 e. The van der Waals surface area contributed by atoms with Crippen LogP contribution in [0.2, 0.25) is 0 Å². The Balaban J connectivity index is 2.29. The van der Waals surface area contributed by atoms with Crippen molar-refractivity contribution >= 4 is 28.4 Å². The predicted molar refractivity (Wildman–Crippen MR) is 83.1 cm³/mol. The molecule has 0 unspecified atom stereocenters. The van der Waals surface area contributed by atoms with E-state index >= 15 is 0 Å². The van der Waals surface area contributed by atoms with Gasteiger partial charge < -0.3 is 0 Å². The van der Waals surface area contributed by atoms with Crippen molar-refractivity contribution in [2.75, 3.05) is 0 Å². The Morgan fingerprint density at radius 2 is 1.67 bits per heavy atom. The monoisotopic (exact) mass is 350 g/mol. The molecule has 0 saturated carbocycles. The number of halogens is 1. The summed E-state index contributed by atoms with van der Waals surface area (Å²) in [5.41, 5.74) is 2.76. The Morgan fingerprint density at radius 1 is 1.00 bits per heavy atom. The highest BCUT2D eigenvalue weighted by atomic mass is 127. The first kappa shape index (κ1) is 13.3. The summed E-state index contributed by atoms with van der Waals surface area (Å²) < 4.78 is 1.08. The first-order valence-electron chi connectivity index (χ1n) is 5.98. The van der Waals surface area contributed by atoms with Crippen LogP contribution in [0.25, 0.3) is 0 Å². The fourth-order valence-corrected chi connectivity index (χ4v) is 2.36. The molecule has 0 bridgehead atoms. The fourth-order valence-electron chi connectivity index (χ4n) is 1.82. The molecule has 1 nitrogen and oxygen atoms in total. The molecule has 0 amide bonds. The quantitative estimate of drug-likeness (QED) is 0.582. The summed E-state index contributed by atoms with van der Waals surface area (Å²) in [5, 5.41) is 0. The maximum Gasteiger partial charge on any atom is 0.193 e. The lowest BCUT2D eigenvalue weighted by Crippen LogP contribution is -2.01. The first-order valence-corrected chi connectivity index (χ1v) is 7.06. The van der Waals surface area contributed by atoms with Gasteiger partial charge in [-0.1, -0.05) is 50.2 Å². The van der Waals surface area contributed by atoms with Gasteiger partial charge in [-0.15, -0.1) is 0 Å². The molecule has 0 heterocycles. The largest absolute Gasteiger partial charge is 0.289 e. The smallest absolute Gasteiger partial charge is 0.193 e. The van der Waals surface area contributed by atoms with Crippen molar-refractivity contribution in [2.24, 2.45) is 0 Å². The molecule has 0 saturated heterocycles. The van der Waals surface area contributed by atoms with E-state index < -0.39 is 0 Å². The lowest BCUT2D eigenvalue weighted by molar-refractivity contribution is 0.103. The summed E-state index contributed by atoms with van der Waals surface area (Å²) in [7, 11) is 0. The maximum atomic E-state index is 12.3. The van der Waals surface area contributed by atoms with Crippen molar-refractivity contribution in [3.63, 3.8) is 0 Å². The van der Waals surface area contributed by atoms with Crippen LogP contribution in [0.4, 0.5) is 0 Å². The van der Waals surface area contributed by atoms with Crippen molar-refractivity contribution in [1.29, 1.82) is 0 Å². The normalized spacial score (nSPS) is 10.7. The highest BCUT2D eigenvalue weighted by Gasteiger charge is 2.09. The van der Waals surface area contributed by atoms with Crippen LogP contribution in [0, 0.1) is 3.57 Å². The van der Waals surface area contributed by atoms with E-state index in [2.05, 4.69) is 36.4 Å². The molecule has 0 aliphatic carbocycles. The van der Waals surface area contributed by atoms with Crippen LogP contribution in [0.15, 0.2) is 48.5 Å². The van der Waals surface area contributed by atoms with Gasteiger partial charge in [-0.3, -0.25) is 4.79 Å². The second-order valence-electron chi connectivity index (χ2n) is 4.62. The molecule has 2 aromatic rings. The van der Waals surface area contributed by atoms with Gasteiger partial charge in [0, 0.05) is 14.7 Å². The van der Waals surface area contributed by atoms with Crippen molar-refractivity contribution in [3.8, 4) is 0 Å². The zero-order chi connectivity index (χ0) is 13.1. The third kappa shape index (κ3) is 2.99. The van der Waals surface area contributed by atoms with Crippen molar-refractivity contribution < 1.29 is 4.79 Å². The van der Waals surface area contributed by atoms with E-state index in [0.717, 1.165) is 14.7 Å². The van der Waals surface area contributed by atoms with E-state index in [-0.39, 0.29) is 5.78 Å². The number of hydrogen-bond donors (Lipinski definition) is 0. The molecule has 18 heavy (non-hydrogen) atoms. The van der Waals surface area contributed by atoms with Crippen LogP contribution < -0.4 is 0 Å². The van der Waals surface area contributed by atoms with Gasteiger partial charge in [0.25, 0.3) is 0 Å². The van der Waals surface area contributed by atoms with E-state index in [1.165, 1.54) is 5.56 Å². The first-order chi connectivity index (χ1) is 8.58. The van der Waals surface area contributed by atoms with E-state index in [1.54, 1.807) is 0 Å². The Bertz CT molecular complexity index is 556. The number of ketones is 1. The SMILES string of the molecule is CC(C)c1ccc(C(=O)c2cccc(I)c2)cc1. The van der Waals surface area contributed by atoms with Gasteiger partial charge >= 0.3 is 0 Å². The van der Waals surface area contributed by atoms with E-state index in [4.69, 9.17) is 0 Å². The summed E-state index contributed by atoms with van der Waals surface area (Å²) in [4.78, 5) is 12.3. The average molecular weight is 350 g/mol. The van der Waals surface area contributed by atoms with Gasteiger partial charge in [0.2, 0.25) is 0 Å². The third-order valence-electron chi connectivity index (χ3n) is 2.93. The molecule has 0 N–H and O–H groups in total. The van der Waals surface area contributed by atoms with Crippen LogP contribution in [0.1, 0.15) is 41.3 Å². The molecular weight excluding hydrogens is 335 g/mol. The van der Waals surface area contributed by atoms with Gasteiger partial charge in [-0.25, -0.2) is 0 Å². The standard InChI is InChI=1S/C16H15IO/c1-11(2)12-6-8-13(9-7-12)16(18)14-4-3-5-15(17)10-14/h3-11H,1-2H3. The molecule has 0 atom stereocenters. The highest BCUT2D eigenvalue weighted by Crippen LogP contribution is 2.17. The van der Waals surface area contributed by atoms with Crippen LogP contribution in [-0.4, -0.2) is 5.78 Å². The molecule has 0 radical (unpaired) electrons. The Morgan fingerprint density at radius 3 is 2.22 bits per heavy atom. The second kappa shape index (κ2) is 5.65. The molecule has 0 aromatic heterocycles. The predicted octanol–water partition coefficient (Wildman–Crippen LogP) is 4.65. The number of hydrogen-bond acceptors (Lipinski definition) is 1. The van der Waals surface area contributed by atoms with E-state index in [9.17, 15) is 4.79 Å². The minimum atomic E-state index is 0.0869. The zero-order valence-corrected chi connectivity index (χ0v) is 12.6. The molecule has 2 aromatic carbocycles. The molecule has 92 valence electrons. The highest BCUT2D eigenvalue weighted by molar-refractivity contribution is 14.1. The van der Waals surface area contributed by atoms with Crippen LogP contribution in [-0.2, 0) is 0 Å². The van der Waals surface area contributed by atoms with Gasteiger partial charge in [0.1, 0.15) is 0 Å². The Labute approximate surface area is 121 Å². The third-order valence-corrected chi connectivity index (χ3v) is 3.60. The van der Waals surface area contributed by atoms with Gasteiger partial charge in [-0.2, -0.15) is 0 Å². The Hall–Kier alpha value is -1.16. The number of carbonyl (C=O) groups is 1. The number of rotatable bonds is 3. The summed E-state index contributed by atoms with van der Waals surface area (Å²) in [6, 6.07) is 15.6. The lowest BCUT2D eigenvalue weighted by atomic mass is 9.98. The topological polar surface area (TPSA) is 17.1 Å². The lowest BCUT2D eigenvalue weighted by Gasteiger charge is -2.06. The molecule has 0 spiro atoms. The van der Waals surface area contributed by atoms with E-state index in [1.807, 2.05) is 48.5 Å². The molecule has 0 fully saturated rings. The van der Waals surface area contributed by atoms with Crippen molar-refractivity contribution in [3.05, 3.63) is 68.8 Å². The fraction of sp³-hybridized carbons (Fsp3) is 0.188. The van der Waals surface area contributed by atoms with Gasteiger partial charge in [0.05, 0.1) is 0 Å². The summed E-state index contributed by atoms with van der Waals surface area (Å²) >= 11 is 2.22. The molecular formula is C16H15IO. The van der Waals surface area contributed by atoms with Crippen molar-refractivity contribution in [1.82, 2.24) is 0 Å². The number of benzene rings is 2. The average Bonchev–Trinajstić information content (AvgIpc) is 2.38. The Kier molecular flexibility index (Phi) is 4.17. The number of carbonyl (C=O) groups excluding carboxylic acids is 1. The van der Waals surface area contributed by atoms with Crippen LogP contribution in [0.3, 0.4) is 0 Å². The molecule has 2 heteroatoms. The summed E-state index contributed by atoms with van der Waals surface area (Å²) in [5.74, 6) is 0.579. The van der Waals surface area contributed by atoms with Crippen LogP contribution >= 0.6 is 22.6 Å². The van der Waals surface area contributed by atoms with E-state index in [0.29, 0.717) is 5.92 Å².